The number of nitro groups is 1. The molecule has 0 atom stereocenters. The first-order valence-corrected chi connectivity index (χ1v) is 6.63. The van der Waals surface area contributed by atoms with E-state index >= 15 is 0 Å². The van der Waals surface area contributed by atoms with Crippen LogP contribution in [-0.2, 0) is 6.54 Å². The van der Waals surface area contributed by atoms with Crippen LogP contribution in [0.4, 0.5) is 11.4 Å². The van der Waals surface area contributed by atoms with E-state index in [0.29, 0.717) is 22.3 Å². The third-order valence-corrected chi connectivity index (χ3v) is 3.54. The molecule has 0 saturated carbocycles. The predicted molar refractivity (Wildman–Crippen MR) is 81.6 cm³/mol. The van der Waals surface area contributed by atoms with E-state index in [1.165, 1.54) is 18.2 Å². The number of non-ortho nitro benzene ring substituents is 1. The zero-order valence-electron chi connectivity index (χ0n) is 10.6. The lowest BCUT2D eigenvalue weighted by Gasteiger charge is -2.09. The molecule has 0 fully saturated rings. The molecule has 0 unspecified atom stereocenters. The van der Waals surface area contributed by atoms with Gasteiger partial charge in [0.25, 0.3) is 5.69 Å². The highest BCUT2D eigenvalue weighted by Gasteiger charge is 2.10. The van der Waals surface area contributed by atoms with E-state index in [0.717, 1.165) is 5.56 Å². The van der Waals surface area contributed by atoms with Crippen LogP contribution in [0.2, 0.25) is 10.0 Å². The molecule has 2 aromatic rings. The molecular weight excluding hydrogens is 313 g/mol. The Hall–Kier alpha value is -2.29. The summed E-state index contributed by atoms with van der Waals surface area (Å²) in [4.78, 5) is 10.1. The first-order valence-electron chi connectivity index (χ1n) is 5.87. The fourth-order valence-corrected chi connectivity index (χ4v) is 2.06. The third-order valence-electron chi connectivity index (χ3n) is 2.80. The molecule has 7 heteroatoms. The summed E-state index contributed by atoms with van der Waals surface area (Å²) < 4.78 is 0. The topological polar surface area (TPSA) is 79.0 Å². The molecule has 0 radical (unpaired) electrons. The molecule has 0 heterocycles. The first-order chi connectivity index (χ1) is 10.0. The largest absolute Gasteiger partial charge is 0.380 e. The van der Waals surface area contributed by atoms with Gasteiger partial charge in [-0.1, -0.05) is 29.3 Å². The fraction of sp³-hybridized carbons (Fsp3) is 0.0714. The van der Waals surface area contributed by atoms with E-state index in [-0.39, 0.29) is 11.3 Å². The van der Waals surface area contributed by atoms with Gasteiger partial charge in [-0.2, -0.15) is 5.26 Å². The number of anilines is 1. The molecule has 0 saturated heterocycles. The molecular formula is C14H9Cl2N3O2. The molecule has 5 nitrogen and oxygen atoms in total. The normalized spacial score (nSPS) is 9.95. The molecule has 21 heavy (non-hydrogen) atoms. The highest BCUT2D eigenvalue weighted by atomic mass is 35.5. The molecule has 1 N–H and O–H groups in total. The Morgan fingerprint density at radius 2 is 1.95 bits per heavy atom. The number of hydrogen-bond donors (Lipinski definition) is 1. The first kappa shape index (κ1) is 15.1. The highest BCUT2D eigenvalue weighted by Crippen LogP contribution is 2.25. The summed E-state index contributed by atoms with van der Waals surface area (Å²) in [6.07, 6.45) is 0. The van der Waals surface area contributed by atoms with Gasteiger partial charge in [-0.3, -0.25) is 10.1 Å². The van der Waals surface area contributed by atoms with Gasteiger partial charge in [0.05, 0.1) is 26.2 Å². The number of nitro benzene ring substituents is 1. The summed E-state index contributed by atoms with van der Waals surface area (Å²) in [5.41, 5.74) is 1.50. The monoisotopic (exact) mass is 321 g/mol. The van der Waals surface area contributed by atoms with Crippen molar-refractivity contribution in [3.63, 3.8) is 0 Å². The number of hydrogen-bond acceptors (Lipinski definition) is 4. The summed E-state index contributed by atoms with van der Waals surface area (Å²) >= 11 is 11.8. The minimum Gasteiger partial charge on any atom is -0.380 e. The van der Waals surface area contributed by atoms with Crippen molar-refractivity contribution in [2.24, 2.45) is 0 Å². The van der Waals surface area contributed by atoms with Gasteiger partial charge in [-0.15, -0.1) is 0 Å². The summed E-state index contributed by atoms with van der Waals surface area (Å²) in [5.74, 6) is 0. The van der Waals surface area contributed by atoms with Crippen molar-refractivity contribution in [2.45, 2.75) is 6.54 Å². The van der Waals surface area contributed by atoms with Gasteiger partial charge in [0.2, 0.25) is 0 Å². The number of benzene rings is 2. The second-order valence-electron chi connectivity index (χ2n) is 4.20. The molecule has 0 aliphatic heterocycles. The standard InChI is InChI=1S/C14H9Cl2N3O2/c15-12-3-1-9(5-13(12)16)8-18-14-4-2-11(19(20)21)6-10(14)7-17/h1-6,18H,8H2. The maximum atomic E-state index is 10.7. The average Bonchev–Trinajstić information content (AvgIpc) is 2.48. The lowest BCUT2D eigenvalue weighted by atomic mass is 10.1. The van der Waals surface area contributed by atoms with E-state index in [2.05, 4.69) is 5.32 Å². The molecule has 0 aliphatic rings. The van der Waals surface area contributed by atoms with E-state index in [1.807, 2.05) is 6.07 Å². The van der Waals surface area contributed by atoms with Crippen LogP contribution in [0.25, 0.3) is 0 Å². The van der Waals surface area contributed by atoms with Gasteiger partial charge >= 0.3 is 0 Å². The van der Waals surface area contributed by atoms with Crippen molar-refractivity contribution < 1.29 is 4.92 Å². The summed E-state index contributed by atoms with van der Waals surface area (Å²) in [5, 5.41) is 23.7. The number of halogens is 2. The number of nitriles is 1. The van der Waals surface area contributed by atoms with Gasteiger partial charge in [-0.05, 0) is 23.8 Å². The van der Waals surface area contributed by atoms with Crippen LogP contribution in [-0.4, -0.2) is 4.92 Å². The Morgan fingerprint density at radius 3 is 2.57 bits per heavy atom. The SMILES string of the molecule is N#Cc1cc([N+](=O)[O-])ccc1NCc1ccc(Cl)c(Cl)c1. The smallest absolute Gasteiger partial charge is 0.270 e. The van der Waals surface area contributed by atoms with Crippen LogP contribution in [0.15, 0.2) is 36.4 Å². The summed E-state index contributed by atoms with van der Waals surface area (Å²) in [6.45, 7) is 0.420. The molecule has 0 aromatic heterocycles. The van der Waals surface area contributed by atoms with Crippen molar-refractivity contribution in [1.29, 1.82) is 5.26 Å². The molecule has 0 bridgehead atoms. The highest BCUT2D eigenvalue weighted by molar-refractivity contribution is 6.42. The average molecular weight is 322 g/mol. The molecule has 0 aliphatic carbocycles. The maximum Gasteiger partial charge on any atom is 0.270 e. The van der Waals surface area contributed by atoms with Gasteiger partial charge < -0.3 is 5.32 Å². The van der Waals surface area contributed by atoms with Crippen molar-refractivity contribution in [1.82, 2.24) is 0 Å². The quantitative estimate of drug-likeness (QED) is 0.669. The van der Waals surface area contributed by atoms with Crippen LogP contribution in [0.1, 0.15) is 11.1 Å². The third kappa shape index (κ3) is 3.63. The number of rotatable bonds is 4. The van der Waals surface area contributed by atoms with E-state index in [9.17, 15) is 10.1 Å². The molecule has 0 spiro atoms. The molecule has 0 amide bonds. The Labute approximate surface area is 130 Å². The van der Waals surface area contributed by atoms with Gasteiger partial charge in [0, 0.05) is 18.7 Å². The number of nitrogens with zero attached hydrogens (tertiary/aromatic N) is 2. The number of nitrogens with one attached hydrogen (secondary N) is 1. The fourth-order valence-electron chi connectivity index (χ4n) is 1.74. The summed E-state index contributed by atoms with van der Waals surface area (Å²) in [6, 6.07) is 11.2. The van der Waals surface area contributed by atoms with E-state index < -0.39 is 4.92 Å². The Kier molecular flexibility index (Phi) is 4.63. The van der Waals surface area contributed by atoms with Crippen LogP contribution in [0.5, 0.6) is 0 Å². The minimum atomic E-state index is -0.538. The lowest BCUT2D eigenvalue weighted by Crippen LogP contribution is -2.02. The van der Waals surface area contributed by atoms with Crippen LogP contribution in [0.3, 0.4) is 0 Å². The van der Waals surface area contributed by atoms with Gasteiger partial charge in [0.1, 0.15) is 6.07 Å². The zero-order valence-corrected chi connectivity index (χ0v) is 12.1. The van der Waals surface area contributed by atoms with Gasteiger partial charge in [0.15, 0.2) is 0 Å². The summed E-state index contributed by atoms with van der Waals surface area (Å²) in [7, 11) is 0. The Balaban J connectivity index is 2.18. The Morgan fingerprint density at radius 1 is 1.19 bits per heavy atom. The second kappa shape index (κ2) is 6.44. The maximum absolute atomic E-state index is 10.7. The van der Waals surface area contributed by atoms with Crippen molar-refractivity contribution in [2.75, 3.05) is 5.32 Å². The van der Waals surface area contributed by atoms with Crippen molar-refractivity contribution >= 4 is 34.6 Å². The molecule has 2 rings (SSSR count). The van der Waals surface area contributed by atoms with E-state index in [1.54, 1.807) is 18.2 Å². The molecule has 106 valence electrons. The van der Waals surface area contributed by atoms with E-state index in [4.69, 9.17) is 28.5 Å². The minimum absolute atomic E-state index is 0.119. The zero-order chi connectivity index (χ0) is 15.4. The van der Waals surface area contributed by atoms with Crippen LogP contribution >= 0.6 is 23.2 Å². The Bertz CT molecular complexity index is 741. The molecule has 2 aromatic carbocycles. The van der Waals surface area contributed by atoms with Crippen molar-refractivity contribution in [3.05, 3.63) is 67.7 Å². The van der Waals surface area contributed by atoms with Crippen molar-refractivity contribution in [3.8, 4) is 6.07 Å². The lowest BCUT2D eigenvalue weighted by molar-refractivity contribution is -0.384. The second-order valence-corrected chi connectivity index (χ2v) is 5.02. The predicted octanol–water partition coefficient (Wildman–Crippen LogP) is 4.39. The van der Waals surface area contributed by atoms with Gasteiger partial charge in [-0.25, -0.2) is 0 Å². The van der Waals surface area contributed by atoms with Crippen LogP contribution in [0, 0.1) is 21.4 Å². The van der Waals surface area contributed by atoms with Crippen LogP contribution < -0.4 is 5.32 Å².